The Hall–Kier alpha value is -2.78. The molecule has 1 unspecified atom stereocenters. The summed E-state index contributed by atoms with van der Waals surface area (Å²) < 4.78 is 35.3. The van der Waals surface area contributed by atoms with Crippen LogP contribution >= 0.6 is 24.2 Å². The van der Waals surface area contributed by atoms with Gasteiger partial charge in [-0.1, -0.05) is 28.9 Å². The first-order valence-corrected chi connectivity index (χ1v) is 9.54. The molecule has 0 saturated heterocycles. The van der Waals surface area contributed by atoms with Crippen molar-refractivity contribution in [2.75, 3.05) is 0 Å². The Morgan fingerprint density at radius 3 is 2.55 bits per heavy atom. The molecule has 0 radical (unpaired) electrons. The summed E-state index contributed by atoms with van der Waals surface area (Å²) in [6.45, 7) is 2.17. The summed E-state index contributed by atoms with van der Waals surface area (Å²) in [6, 6.07) is 10.6. The number of hydrogen-bond acceptors (Lipinski definition) is 6. The molecule has 0 saturated carbocycles. The SMILES string of the molecule is CCn1c(-c2c(F)cccc2F)nnc1C(S)c1noc(-c2cccc(Cl)c2)n1. The van der Waals surface area contributed by atoms with Crippen molar-refractivity contribution in [3.63, 3.8) is 0 Å². The second-order valence-electron chi connectivity index (χ2n) is 6.09. The van der Waals surface area contributed by atoms with Crippen molar-refractivity contribution in [2.45, 2.75) is 18.7 Å². The Morgan fingerprint density at radius 1 is 1.14 bits per heavy atom. The molecule has 0 aliphatic heterocycles. The van der Waals surface area contributed by atoms with E-state index < -0.39 is 16.9 Å². The van der Waals surface area contributed by atoms with Crippen molar-refractivity contribution in [3.8, 4) is 22.8 Å². The minimum atomic E-state index is -0.725. The number of aromatic nitrogens is 5. The first-order chi connectivity index (χ1) is 14.0. The number of halogens is 3. The fraction of sp³-hybridized carbons (Fsp3) is 0.158. The highest BCUT2D eigenvalue weighted by atomic mass is 35.5. The molecular formula is C19H14ClF2N5OS. The topological polar surface area (TPSA) is 69.6 Å². The van der Waals surface area contributed by atoms with Crippen LogP contribution in [0.1, 0.15) is 23.8 Å². The van der Waals surface area contributed by atoms with E-state index in [1.54, 1.807) is 28.8 Å². The summed E-state index contributed by atoms with van der Waals surface area (Å²) >= 11 is 10.5. The van der Waals surface area contributed by atoms with Crippen molar-refractivity contribution in [3.05, 3.63) is 70.8 Å². The molecule has 6 nitrogen and oxygen atoms in total. The predicted molar refractivity (Wildman–Crippen MR) is 107 cm³/mol. The second kappa shape index (κ2) is 7.92. The quantitative estimate of drug-likeness (QED) is 0.450. The summed E-state index contributed by atoms with van der Waals surface area (Å²) in [7, 11) is 0. The Bertz CT molecular complexity index is 1160. The normalized spacial score (nSPS) is 12.3. The van der Waals surface area contributed by atoms with Crippen LogP contribution in [-0.2, 0) is 6.54 Å². The molecular weight excluding hydrogens is 420 g/mol. The molecule has 0 aliphatic rings. The van der Waals surface area contributed by atoms with Crippen LogP contribution in [0.15, 0.2) is 47.0 Å². The third-order valence-electron chi connectivity index (χ3n) is 4.28. The van der Waals surface area contributed by atoms with E-state index in [-0.39, 0.29) is 23.1 Å². The van der Waals surface area contributed by atoms with Gasteiger partial charge in [0.25, 0.3) is 5.89 Å². The summed E-state index contributed by atoms with van der Waals surface area (Å²) in [5.41, 5.74) is 0.407. The lowest BCUT2D eigenvalue weighted by atomic mass is 10.2. The first-order valence-electron chi connectivity index (χ1n) is 8.64. The van der Waals surface area contributed by atoms with Crippen LogP contribution in [-0.4, -0.2) is 24.9 Å². The average molecular weight is 434 g/mol. The van der Waals surface area contributed by atoms with Crippen LogP contribution in [0.4, 0.5) is 8.78 Å². The molecule has 0 fully saturated rings. The van der Waals surface area contributed by atoms with Crippen molar-refractivity contribution in [1.29, 1.82) is 0 Å². The second-order valence-corrected chi connectivity index (χ2v) is 7.05. The maximum absolute atomic E-state index is 14.2. The van der Waals surface area contributed by atoms with Gasteiger partial charge in [-0.3, -0.25) is 0 Å². The maximum atomic E-state index is 14.2. The minimum absolute atomic E-state index is 0.0655. The molecule has 0 spiro atoms. The maximum Gasteiger partial charge on any atom is 0.258 e. The van der Waals surface area contributed by atoms with Gasteiger partial charge < -0.3 is 9.09 Å². The molecule has 10 heteroatoms. The van der Waals surface area contributed by atoms with Crippen LogP contribution in [0.25, 0.3) is 22.8 Å². The van der Waals surface area contributed by atoms with Gasteiger partial charge >= 0.3 is 0 Å². The molecule has 148 valence electrons. The number of thiol groups is 1. The van der Waals surface area contributed by atoms with E-state index in [9.17, 15) is 8.78 Å². The average Bonchev–Trinajstić information content (AvgIpc) is 3.35. The molecule has 2 aromatic carbocycles. The van der Waals surface area contributed by atoms with E-state index in [4.69, 9.17) is 16.1 Å². The highest BCUT2D eigenvalue weighted by molar-refractivity contribution is 7.80. The smallest absolute Gasteiger partial charge is 0.258 e. The highest BCUT2D eigenvalue weighted by Gasteiger charge is 2.26. The Balaban J connectivity index is 1.72. The molecule has 2 aromatic heterocycles. The molecule has 2 heterocycles. The third kappa shape index (κ3) is 3.63. The van der Waals surface area contributed by atoms with Gasteiger partial charge in [-0.2, -0.15) is 17.6 Å². The Morgan fingerprint density at radius 2 is 1.86 bits per heavy atom. The number of nitrogens with zero attached hydrogens (tertiary/aromatic N) is 5. The molecule has 0 N–H and O–H groups in total. The van der Waals surface area contributed by atoms with E-state index >= 15 is 0 Å². The molecule has 0 amide bonds. The Kier molecular flexibility index (Phi) is 5.33. The number of benzene rings is 2. The van der Waals surface area contributed by atoms with Gasteiger partial charge in [0.05, 0.1) is 5.56 Å². The van der Waals surface area contributed by atoms with Crippen molar-refractivity contribution >= 4 is 24.2 Å². The monoisotopic (exact) mass is 433 g/mol. The summed E-state index contributed by atoms with van der Waals surface area (Å²) in [5.74, 6) is -0.535. The molecule has 4 aromatic rings. The fourth-order valence-corrected chi connectivity index (χ4v) is 3.41. The van der Waals surface area contributed by atoms with Crippen LogP contribution in [0.2, 0.25) is 5.02 Å². The van der Waals surface area contributed by atoms with E-state index in [1.807, 2.05) is 6.92 Å². The standard InChI is InChI=1S/C19H14ClF2N5OS/c1-2-27-17(14-12(21)7-4-8-13(14)22)24-25-18(27)15(29)16-23-19(28-26-16)10-5-3-6-11(20)9-10/h3-9,15,29H,2H2,1H3. The molecule has 1 atom stereocenters. The lowest BCUT2D eigenvalue weighted by molar-refractivity contribution is 0.422. The highest BCUT2D eigenvalue weighted by Crippen LogP contribution is 2.32. The van der Waals surface area contributed by atoms with Gasteiger partial charge in [0.2, 0.25) is 0 Å². The molecule has 0 bridgehead atoms. The van der Waals surface area contributed by atoms with E-state index in [0.717, 1.165) is 0 Å². The lowest BCUT2D eigenvalue weighted by Crippen LogP contribution is -2.09. The van der Waals surface area contributed by atoms with Crippen LogP contribution < -0.4 is 0 Å². The number of rotatable bonds is 5. The summed E-state index contributed by atoms with van der Waals surface area (Å²) in [4.78, 5) is 4.35. The fourth-order valence-electron chi connectivity index (χ4n) is 2.93. The largest absolute Gasteiger partial charge is 0.334 e. The zero-order valence-corrected chi connectivity index (χ0v) is 16.7. The minimum Gasteiger partial charge on any atom is -0.334 e. The van der Waals surface area contributed by atoms with E-state index in [2.05, 4.69) is 33.0 Å². The van der Waals surface area contributed by atoms with Gasteiger partial charge in [-0.05, 0) is 37.3 Å². The zero-order chi connectivity index (χ0) is 20.5. The Labute approximate surface area is 174 Å². The van der Waals surface area contributed by atoms with Gasteiger partial charge in [-0.25, -0.2) is 8.78 Å². The molecule has 29 heavy (non-hydrogen) atoms. The van der Waals surface area contributed by atoms with E-state index in [1.165, 1.54) is 18.2 Å². The van der Waals surface area contributed by atoms with Gasteiger partial charge in [0, 0.05) is 17.1 Å². The van der Waals surface area contributed by atoms with Crippen molar-refractivity contribution in [1.82, 2.24) is 24.9 Å². The van der Waals surface area contributed by atoms with E-state index in [0.29, 0.717) is 23.0 Å². The first kappa shape index (κ1) is 19.5. The number of hydrogen-bond donors (Lipinski definition) is 1. The molecule has 0 aliphatic carbocycles. The van der Waals surface area contributed by atoms with Crippen molar-refractivity contribution < 1.29 is 13.3 Å². The summed E-state index contributed by atoms with van der Waals surface area (Å²) in [5, 5.41) is 11.8. The van der Waals surface area contributed by atoms with Crippen molar-refractivity contribution in [2.24, 2.45) is 0 Å². The van der Waals surface area contributed by atoms with Crippen LogP contribution in [0, 0.1) is 11.6 Å². The van der Waals surface area contributed by atoms with Crippen LogP contribution in [0.5, 0.6) is 0 Å². The van der Waals surface area contributed by atoms with Gasteiger partial charge in [0.15, 0.2) is 17.5 Å². The third-order valence-corrected chi connectivity index (χ3v) is 4.98. The van der Waals surface area contributed by atoms with Gasteiger partial charge in [0.1, 0.15) is 16.9 Å². The predicted octanol–water partition coefficient (Wildman–Crippen LogP) is 4.97. The van der Waals surface area contributed by atoms with Crippen LogP contribution in [0.3, 0.4) is 0 Å². The lowest BCUT2D eigenvalue weighted by Gasteiger charge is -2.11. The summed E-state index contributed by atoms with van der Waals surface area (Å²) in [6.07, 6.45) is 0. The van der Waals surface area contributed by atoms with Gasteiger partial charge in [-0.15, -0.1) is 10.2 Å². The zero-order valence-electron chi connectivity index (χ0n) is 15.1. The molecule has 4 rings (SSSR count).